The minimum absolute atomic E-state index is 0.195. The summed E-state index contributed by atoms with van der Waals surface area (Å²) >= 11 is 11.2. The first-order chi connectivity index (χ1) is 15.7. The van der Waals surface area contributed by atoms with Gasteiger partial charge in [-0.1, -0.05) is 23.2 Å². The van der Waals surface area contributed by atoms with Crippen LogP contribution < -0.4 is 14.2 Å². The predicted octanol–water partition coefficient (Wildman–Crippen LogP) is 4.29. The quantitative estimate of drug-likeness (QED) is 0.319. The molecular formula is C19H14Cl2F2N2O7S2. The Labute approximate surface area is 202 Å². The molecule has 0 aliphatic heterocycles. The highest BCUT2D eigenvalue weighted by atomic mass is 35.5. The molecule has 0 fully saturated rings. The number of hydrogen-bond acceptors (Lipinski definition) is 7. The second kappa shape index (κ2) is 9.33. The van der Waals surface area contributed by atoms with E-state index in [-0.39, 0.29) is 15.8 Å². The predicted molar refractivity (Wildman–Crippen MR) is 121 cm³/mol. The van der Waals surface area contributed by atoms with Crippen molar-refractivity contribution in [3.8, 4) is 17.2 Å². The highest BCUT2D eigenvalue weighted by molar-refractivity contribution is 7.93. The fourth-order valence-corrected chi connectivity index (χ4v) is 5.60. The van der Waals surface area contributed by atoms with Crippen LogP contribution in [-0.4, -0.2) is 34.2 Å². The maximum absolute atomic E-state index is 14.2. The van der Waals surface area contributed by atoms with Gasteiger partial charge >= 0.3 is 0 Å². The van der Waals surface area contributed by atoms with Gasteiger partial charge in [-0.3, -0.25) is 9.44 Å². The van der Waals surface area contributed by atoms with Crippen LogP contribution in [0.25, 0.3) is 0 Å². The number of hydrogen-bond donors (Lipinski definition) is 4. The summed E-state index contributed by atoms with van der Waals surface area (Å²) in [4.78, 5) is -1.43. The van der Waals surface area contributed by atoms with Crippen molar-refractivity contribution in [1.82, 2.24) is 0 Å². The molecule has 0 atom stereocenters. The largest absolute Gasteiger partial charge is 0.506 e. The summed E-state index contributed by atoms with van der Waals surface area (Å²) in [6, 6.07) is 5.86. The van der Waals surface area contributed by atoms with Crippen LogP contribution in [0.4, 0.5) is 20.2 Å². The molecule has 0 amide bonds. The first-order valence-electron chi connectivity index (χ1n) is 8.85. The molecule has 0 aliphatic carbocycles. The van der Waals surface area contributed by atoms with E-state index in [4.69, 9.17) is 27.9 Å². The van der Waals surface area contributed by atoms with Crippen molar-refractivity contribution in [2.45, 2.75) is 9.79 Å². The van der Waals surface area contributed by atoms with E-state index < -0.39 is 64.3 Å². The van der Waals surface area contributed by atoms with E-state index in [1.807, 2.05) is 0 Å². The molecule has 0 aromatic heterocycles. The molecule has 0 radical (unpaired) electrons. The number of methoxy groups -OCH3 is 1. The summed E-state index contributed by atoms with van der Waals surface area (Å²) in [5, 5.41) is 19.3. The number of anilines is 2. The maximum Gasteiger partial charge on any atom is 0.265 e. The maximum atomic E-state index is 14.2. The van der Waals surface area contributed by atoms with E-state index in [9.17, 15) is 35.8 Å². The van der Waals surface area contributed by atoms with Crippen molar-refractivity contribution in [2.75, 3.05) is 16.6 Å². The molecule has 15 heteroatoms. The first-order valence-corrected chi connectivity index (χ1v) is 12.6. The molecule has 3 rings (SSSR count). The van der Waals surface area contributed by atoms with E-state index in [0.29, 0.717) is 6.07 Å². The summed E-state index contributed by atoms with van der Waals surface area (Å²) in [6.07, 6.45) is 0. The van der Waals surface area contributed by atoms with Gasteiger partial charge in [0.2, 0.25) is 0 Å². The molecule has 0 aliphatic rings. The smallest absolute Gasteiger partial charge is 0.265 e. The van der Waals surface area contributed by atoms with E-state index in [1.54, 1.807) is 9.44 Å². The van der Waals surface area contributed by atoms with E-state index >= 15 is 0 Å². The van der Waals surface area contributed by atoms with Crippen LogP contribution in [0.1, 0.15) is 0 Å². The molecule has 0 bridgehead atoms. The highest BCUT2D eigenvalue weighted by Gasteiger charge is 2.27. The zero-order valence-corrected chi connectivity index (χ0v) is 20.0. The van der Waals surface area contributed by atoms with Crippen molar-refractivity contribution in [2.24, 2.45) is 0 Å². The van der Waals surface area contributed by atoms with Crippen LogP contribution in [0.15, 0.2) is 52.3 Å². The first kappa shape index (κ1) is 25.6. The molecule has 0 spiro atoms. The summed E-state index contributed by atoms with van der Waals surface area (Å²) < 4.78 is 88.3. The van der Waals surface area contributed by atoms with Crippen LogP contribution >= 0.6 is 23.2 Å². The van der Waals surface area contributed by atoms with Gasteiger partial charge in [-0.05, 0) is 30.3 Å². The Hall–Kier alpha value is -3.00. The Morgan fingerprint density at radius 3 is 1.71 bits per heavy atom. The lowest BCUT2D eigenvalue weighted by Gasteiger charge is -2.15. The lowest BCUT2D eigenvalue weighted by Crippen LogP contribution is -2.18. The molecule has 0 heterocycles. The van der Waals surface area contributed by atoms with Crippen molar-refractivity contribution in [3.63, 3.8) is 0 Å². The monoisotopic (exact) mass is 554 g/mol. The minimum Gasteiger partial charge on any atom is -0.506 e. The van der Waals surface area contributed by atoms with Gasteiger partial charge in [-0.25, -0.2) is 25.6 Å². The SMILES string of the molecule is COc1ccc(S(=O)(=O)Nc2c(O)cc(Cl)cc2F)cc1S(=O)(=O)Nc1c(O)cc(Cl)cc1F. The number of rotatable bonds is 7. The topological polar surface area (TPSA) is 142 Å². The van der Waals surface area contributed by atoms with E-state index in [2.05, 4.69) is 0 Å². The molecule has 4 N–H and O–H groups in total. The Morgan fingerprint density at radius 1 is 0.794 bits per heavy atom. The number of sulfonamides is 2. The summed E-state index contributed by atoms with van der Waals surface area (Å²) in [7, 11) is -8.30. The van der Waals surface area contributed by atoms with Crippen molar-refractivity contribution >= 4 is 54.6 Å². The van der Waals surface area contributed by atoms with Crippen LogP contribution in [0.3, 0.4) is 0 Å². The van der Waals surface area contributed by atoms with Crippen LogP contribution in [-0.2, 0) is 20.0 Å². The third-order valence-electron chi connectivity index (χ3n) is 4.28. The molecule has 0 saturated heterocycles. The third kappa shape index (κ3) is 5.22. The Kier molecular flexibility index (Phi) is 7.03. The number of nitrogens with one attached hydrogen (secondary N) is 2. The van der Waals surface area contributed by atoms with Crippen LogP contribution in [0, 0.1) is 11.6 Å². The number of benzene rings is 3. The lowest BCUT2D eigenvalue weighted by atomic mass is 10.3. The average Bonchev–Trinajstić information content (AvgIpc) is 2.73. The molecule has 3 aromatic rings. The van der Waals surface area contributed by atoms with Gasteiger partial charge in [0.15, 0.2) is 11.6 Å². The molecule has 9 nitrogen and oxygen atoms in total. The number of halogens is 4. The summed E-state index contributed by atoms with van der Waals surface area (Å²) in [5.74, 6) is -4.37. The average molecular weight is 555 g/mol. The van der Waals surface area contributed by atoms with Gasteiger partial charge in [0.25, 0.3) is 20.0 Å². The number of phenols is 2. The fourth-order valence-electron chi connectivity index (χ4n) is 2.74. The van der Waals surface area contributed by atoms with Crippen molar-refractivity contribution < 1.29 is 40.6 Å². The van der Waals surface area contributed by atoms with Crippen LogP contribution in [0.2, 0.25) is 10.0 Å². The third-order valence-corrected chi connectivity index (χ3v) is 7.43. The molecule has 0 unspecified atom stereocenters. The zero-order valence-electron chi connectivity index (χ0n) is 16.8. The number of ether oxygens (including phenoxy) is 1. The van der Waals surface area contributed by atoms with E-state index in [1.165, 1.54) is 0 Å². The van der Waals surface area contributed by atoms with Gasteiger partial charge in [-0.15, -0.1) is 0 Å². The molecular weight excluding hydrogens is 541 g/mol. The number of aromatic hydroxyl groups is 2. The second-order valence-electron chi connectivity index (χ2n) is 6.59. The standard InChI is InChI=1S/C19H14Cl2F2N2O7S2/c1-32-16-3-2-11(33(28,29)24-18-12(22)4-9(20)6-14(18)26)8-17(16)34(30,31)25-19-13(23)5-10(21)7-15(19)27/h2-8,24-27H,1H3. The highest BCUT2D eigenvalue weighted by Crippen LogP contribution is 2.36. The lowest BCUT2D eigenvalue weighted by molar-refractivity contribution is 0.402. The van der Waals surface area contributed by atoms with Crippen LogP contribution in [0.5, 0.6) is 17.2 Å². The molecule has 182 valence electrons. The second-order valence-corrected chi connectivity index (χ2v) is 10.8. The van der Waals surface area contributed by atoms with Gasteiger partial charge in [0, 0.05) is 22.2 Å². The summed E-state index contributed by atoms with van der Waals surface area (Å²) in [6.45, 7) is 0. The Balaban J connectivity index is 2.07. The van der Waals surface area contributed by atoms with Gasteiger partial charge in [0.05, 0.1) is 12.0 Å². The van der Waals surface area contributed by atoms with Gasteiger partial charge in [-0.2, -0.15) is 0 Å². The van der Waals surface area contributed by atoms with Gasteiger partial charge in [0.1, 0.15) is 33.5 Å². The molecule has 34 heavy (non-hydrogen) atoms. The Bertz CT molecular complexity index is 1450. The fraction of sp³-hybridized carbons (Fsp3) is 0.0526. The van der Waals surface area contributed by atoms with Gasteiger partial charge < -0.3 is 14.9 Å². The normalized spacial score (nSPS) is 11.8. The van der Waals surface area contributed by atoms with Crippen molar-refractivity contribution in [1.29, 1.82) is 0 Å². The molecule has 3 aromatic carbocycles. The minimum atomic E-state index is -4.74. The number of phenolic OH excluding ortho intramolecular Hbond substituents is 2. The zero-order chi connectivity index (χ0) is 25.4. The van der Waals surface area contributed by atoms with E-state index in [0.717, 1.165) is 43.5 Å². The van der Waals surface area contributed by atoms with Crippen molar-refractivity contribution in [3.05, 3.63) is 64.1 Å². The molecule has 0 saturated carbocycles. The summed E-state index contributed by atoms with van der Waals surface area (Å²) in [5.41, 5.74) is -1.66. The Morgan fingerprint density at radius 2 is 1.26 bits per heavy atom.